The number of aromatic nitrogens is 3. The van der Waals surface area contributed by atoms with E-state index in [1.54, 1.807) is 10.9 Å². The van der Waals surface area contributed by atoms with Gasteiger partial charge in [-0.2, -0.15) is 14.9 Å². The average molecular weight is 403 g/mol. The Morgan fingerprint density at radius 1 is 1.21 bits per heavy atom. The van der Waals surface area contributed by atoms with Crippen molar-refractivity contribution in [3.8, 4) is 17.1 Å². The van der Waals surface area contributed by atoms with E-state index in [0.717, 1.165) is 21.3 Å². The maximum atomic E-state index is 5.46. The fourth-order valence-electron chi connectivity index (χ4n) is 2.13. The SMILES string of the molecule is CCOc1ccc(-c2n[nH]c(=S)n2/N=C\c2ccc(Br)cc2)cc1. The topological polar surface area (TPSA) is 55.2 Å². The fourth-order valence-corrected chi connectivity index (χ4v) is 2.57. The van der Waals surface area contributed by atoms with Crippen molar-refractivity contribution in [1.29, 1.82) is 0 Å². The number of H-pyrrole nitrogens is 1. The zero-order chi connectivity index (χ0) is 16.9. The monoisotopic (exact) mass is 402 g/mol. The van der Waals surface area contributed by atoms with Gasteiger partial charge in [-0.25, -0.2) is 5.10 Å². The van der Waals surface area contributed by atoms with E-state index in [1.807, 2.05) is 55.5 Å². The van der Waals surface area contributed by atoms with Gasteiger partial charge in [0.15, 0.2) is 5.82 Å². The molecule has 0 aliphatic carbocycles. The first-order chi connectivity index (χ1) is 11.7. The quantitative estimate of drug-likeness (QED) is 0.498. The lowest BCUT2D eigenvalue weighted by atomic mass is 10.2. The van der Waals surface area contributed by atoms with Crippen LogP contribution in [0.1, 0.15) is 12.5 Å². The first-order valence-electron chi connectivity index (χ1n) is 7.38. The van der Waals surface area contributed by atoms with Gasteiger partial charge in [-0.15, -0.1) is 0 Å². The van der Waals surface area contributed by atoms with Crippen LogP contribution < -0.4 is 4.74 Å². The van der Waals surface area contributed by atoms with Crippen LogP contribution in [0.5, 0.6) is 5.75 Å². The normalized spacial score (nSPS) is 11.1. The Morgan fingerprint density at radius 2 is 1.92 bits per heavy atom. The van der Waals surface area contributed by atoms with E-state index in [2.05, 4.69) is 31.2 Å². The van der Waals surface area contributed by atoms with E-state index in [-0.39, 0.29) is 0 Å². The minimum atomic E-state index is 0.437. The smallest absolute Gasteiger partial charge is 0.216 e. The molecule has 0 saturated heterocycles. The molecule has 0 unspecified atom stereocenters. The van der Waals surface area contributed by atoms with Crippen molar-refractivity contribution in [2.24, 2.45) is 5.10 Å². The Hall–Kier alpha value is -2.25. The molecule has 0 spiro atoms. The van der Waals surface area contributed by atoms with Gasteiger partial charge in [-0.05, 0) is 61.1 Å². The highest BCUT2D eigenvalue weighted by atomic mass is 79.9. The van der Waals surface area contributed by atoms with Crippen molar-refractivity contribution in [2.45, 2.75) is 6.92 Å². The summed E-state index contributed by atoms with van der Waals surface area (Å²) in [6.45, 7) is 2.59. The number of rotatable bonds is 5. The van der Waals surface area contributed by atoms with Gasteiger partial charge in [0.1, 0.15) is 5.75 Å². The molecule has 0 radical (unpaired) electrons. The molecule has 0 aliphatic heterocycles. The second kappa shape index (κ2) is 7.55. The molecule has 0 aliphatic rings. The van der Waals surface area contributed by atoms with Gasteiger partial charge in [0.05, 0.1) is 12.8 Å². The van der Waals surface area contributed by atoms with E-state index in [0.29, 0.717) is 17.2 Å². The number of ether oxygens (including phenoxy) is 1. The Kier molecular flexibility index (Phi) is 5.22. The zero-order valence-corrected chi connectivity index (χ0v) is 15.3. The molecule has 0 bridgehead atoms. The molecular formula is C17H15BrN4OS. The van der Waals surface area contributed by atoms with Gasteiger partial charge in [0, 0.05) is 10.0 Å². The molecule has 0 saturated carbocycles. The van der Waals surface area contributed by atoms with Crippen LogP contribution in [-0.4, -0.2) is 27.7 Å². The number of nitrogens with zero attached hydrogens (tertiary/aromatic N) is 3. The molecule has 2 aromatic carbocycles. The Morgan fingerprint density at radius 3 is 2.58 bits per heavy atom. The highest BCUT2D eigenvalue weighted by molar-refractivity contribution is 9.10. The predicted octanol–water partition coefficient (Wildman–Crippen LogP) is 4.65. The summed E-state index contributed by atoms with van der Waals surface area (Å²) < 4.78 is 8.52. The molecule has 0 fully saturated rings. The molecule has 3 rings (SSSR count). The van der Waals surface area contributed by atoms with Gasteiger partial charge in [0.2, 0.25) is 4.77 Å². The summed E-state index contributed by atoms with van der Waals surface area (Å²) in [4.78, 5) is 0. The zero-order valence-electron chi connectivity index (χ0n) is 12.9. The van der Waals surface area contributed by atoms with Crippen LogP contribution in [0.3, 0.4) is 0 Å². The second-order valence-electron chi connectivity index (χ2n) is 4.92. The average Bonchev–Trinajstić information content (AvgIpc) is 2.96. The molecule has 7 heteroatoms. The molecule has 3 aromatic rings. The first kappa shape index (κ1) is 16.6. The Bertz CT molecular complexity index is 898. The summed E-state index contributed by atoms with van der Waals surface area (Å²) in [6.07, 6.45) is 1.75. The van der Waals surface area contributed by atoms with Crippen LogP contribution in [0.25, 0.3) is 11.4 Å². The van der Waals surface area contributed by atoms with E-state index in [9.17, 15) is 0 Å². The highest BCUT2D eigenvalue weighted by Gasteiger charge is 2.08. The highest BCUT2D eigenvalue weighted by Crippen LogP contribution is 2.21. The summed E-state index contributed by atoms with van der Waals surface area (Å²) in [7, 11) is 0. The first-order valence-corrected chi connectivity index (χ1v) is 8.58. The van der Waals surface area contributed by atoms with Crippen LogP contribution >= 0.6 is 28.1 Å². The van der Waals surface area contributed by atoms with Gasteiger partial charge >= 0.3 is 0 Å². The number of aromatic amines is 1. The largest absolute Gasteiger partial charge is 0.494 e. The molecule has 122 valence electrons. The maximum absolute atomic E-state index is 5.46. The fraction of sp³-hybridized carbons (Fsp3) is 0.118. The van der Waals surface area contributed by atoms with Crippen LogP contribution in [0.15, 0.2) is 58.1 Å². The predicted molar refractivity (Wildman–Crippen MR) is 101 cm³/mol. The van der Waals surface area contributed by atoms with Crippen LogP contribution in [0.4, 0.5) is 0 Å². The number of benzene rings is 2. The van der Waals surface area contributed by atoms with E-state index in [4.69, 9.17) is 17.0 Å². The summed E-state index contributed by atoms with van der Waals surface area (Å²) in [5, 5.41) is 11.5. The van der Waals surface area contributed by atoms with E-state index in [1.165, 1.54) is 0 Å². The minimum Gasteiger partial charge on any atom is -0.494 e. The lowest BCUT2D eigenvalue weighted by Gasteiger charge is -2.04. The molecular weight excluding hydrogens is 388 g/mol. The summed E-state index contributed by atoms with van der Waals surface area (Å²) in [6, 6.07) is 15.5. The number of hydrogen-bond donors (Lipinski definition) is 1. The van der Waals surface area contributed by atoms with Crippen molar-refractivity contribution in [3.63, 3.8) is 0 Å². The molecule has 0 amide bonds. The summed E-state index contributed by atoms with van der Waals surface area (Å²) in [5.41, 5.74) is 1.87. The molecule has 0 atom stereocenters. The van der Waals surface area contributed by atoms with Crippen molar-refractivity contribution < 1.29 is 4.74 Å². The lowest BCUT2D eigenvalue weighted by molar-refractivity contribution is 0.340. The van der Waals surface area contributed by atoms with Crippen LogP contribution in [-0.2, 0) is 0 Å². The van der Waals surface area contributed by atoms with Crippen molar-refractivity contribution in [3.05, 3.63) is 63.3 Å². The minimum absolute atomic E-state index is 0.437. The lowest BCUT2D eigenvalue weighted by Crippen LogP contribution is -1.96. The standard InChI is InChI=1S/C17H15BrN4OS/c1-2-23-15-9-5-13(6-10-15)16-20-21-17(24)22(16)19-11-12-3-7-14(18)8-4-12/h3-11H,2H2,1H3,(H,21,24)/b19-11-. The van der Waals surface area contributed by atoms with Crippen molar-refractivity contribution in [1.82, 2.24) is 14.9 Å². The third kappa shape index (κ3) is 3.80. The van der Waals surface area contributed by atoms with Crippen molar-refractivity contribution in [2.75, 3.05) is 6.61 Å². The number of nitrogens with one attached hydrogen (secondary N) is 1. The molecule has 1 N–H and O–H groups in total. The third-order valence-electron chi connectivity index (χ3n) is 3.27. The summed E-state index contributed by atoms with van der Waals surface area (Å²) in [5.74, 6) is 1.47. The van der Waals surface area contributed by atoms with Gasteiger partial charge in [-0.1, -0.05) is 28.1 Å². The maximum Gasteiger partial charge on any atom is 0.216 e. The Labute approximate surface area is 153 Å². The second-order valence-corrected chi connectivity index (χ2v) is 6.22. The van der Waals surface area contributed by atoms with Crippen LogP contribution in [0, 0.1) is 4.77 Å². The third-order valence-corrected chi connectivity index (χ3v) is 4.06. The molecule has 5 nitrogen and oxygen atoms in total. The van der Waals surface area contributed by atoms with E-state index >= 15 is 0 Å². The van der Waals surface area contributed by atoms with Gasteiger partial charge < -0.3 is 4.74 Å². The van der Waals surface area contributed by atoms with Gasteiger partial charge in [0.25, 0.3) is 0 Å². The number of hydrogen-bond acceptors (Lipinski definition) is 4. The molecule has 1 aromatic heterocycles. The van der Waals surface area contributed by atoms with E-state index < -0.39 is 0 Å². The molecule has 1 heterocycles. The van der Waals surface area contributed by atoms with Crippen LogP contribution in [0.2, 0.25) is 0 Å². The van der Waals surface area contributed by atoms with Gasteiger partial charge in [-0.3, -0.25) is 0 Å². The molecule has 24 heavy (non-hydrogen) atoms. The summed E-state index contributed by atoms with van der Waals surface area (Å²) >= 11 is 8.69. The Balaban J connectivity index is 1.91. The number of halogens is 1. The van der Waals surface area contributed by atoms with Crippen molar-refractivity contribution >= 4 is 34.4 Å².